The van der Waals surface area contributed by atoms with Crippen LogP contribution in [0.3, 0.4) is 0 Å². The van der Waals surface area contributed by atoms with E-state index in [0.717, 1.165) is 23.7 Å². The molecule has 0 heterocycles. The predicted octanol–water partition coefficient (Wildman–Crippen LogP) is 4.47. The summed E-state index contributed by atoms with van der Waals surface area (Å²) in [5.74, 6) is 3.83. The Balaban J connectivity index is 2.43. The summed E-state index contributed by atoms with van der Waals surface area (Å²) in [5, 5.41) is 3.40. The fourth-order valence-electron chi connectivity index (χ4n) is 3.51. The normalized spacial score (nSPS) is 29.8. The van der Waals surface area contributed by atoms with Gasteiger partial charge in [0.25, 0.3) is 0 Å². The molecular weight excluding hydrogens is 206 g/mol. The van der Waals surface area contributed by atoms with Gasteiger partial charge in [-0.15, -0.1) is 0 Å². The van der Waals surface area contributed by atoms with Gasteiger partial charge in [-0.1, -0.05) is 46.5 Å². The van der Waals surface area contributed by atoms with Crippen LogP contribution in [0, 0.1) is 23.7 Å². The molecule has 0 radical (unpaired) electrons. The predicted molar refractivity (Wildman–Crippen MR) is 77.2 cm³/mol. The van der Waals surface area contributed by atoms with Crippen molar-refractivity contribution in [3.05, 3.63) is 0 Å². The van der Waals surface area contributed by atoms with Gasteiger partial charge in [0.05, 0.1) is 0 Å². The Morgan fingerprint density at radius 1 is 1.12 bits per heavy atom. The molecule has 0 aromatic carbocycles. The SMILES string of the molecule is CCCCCC1CC(C(C)C)CCC1CNC. The molecule has 3 atom stereocenters. The number of hydrogen-bond acceptors (Lipinski definition) is 1. The molecule has 0 bridgehead atoms. The Hall–Kier alpha value is -0.0400. The summed E-state index contributed by atoms with van der Waals surface area (Å²) in [7, 11) is 2.11. The first kappa shape index (κ1) is 15.0. The maximum absolute atomic E-state index is 3.40. The van der Waals surface area contributed by atoms with Gasteiger partial charge in [-0.3, -0.25) is 0 Å². The smallest absolute Gasteiger partial charge is 0.00209 e. The molecule has 1 heteroatoms. The average molecular weight is 239 g/mol. The summed E-state index contributed by atoms with van der Waals surface area (Å²) in [4.78, 5) is 0. The number of unbranched alkanes of at least 4 members (excludes halogenated alkanes) is 2. The molecular formula is C16H33N. The van der Waals surface area contributed by atoms with Crippen molar-refractivity contribution in [1.29, 1.82) is 0 Å². The van der Waals surface area contributed by atoms with Gasteiger partial charge < -0.3 is 5.32 Å². The molecule has 1 aliphatic rings. The van der Waals surface area contributed by atoms with Crippen molar-refractivity contribution in [3.8, 4) is 0 Å². The van der Waals surface area contributed by atoms with Crippen molar-refractivity contribution in [2.45, 2.75) is 65.7 Å². The minimum Gasteiger partial charge on any atom is -0.319 e. The molecule has 17 heavy (non-hydrogen) atoms. The van der Waals surface area contributed by atoms with Crippen molar-refractivity contribution in [2.75, 3.05) is 13.6 Å². The molecule has 0 aromatic heterocycles. The molecule has 0 spiro atoms. The van der Waals surface area contributed by atoms with Crippen LogP contribution in [-0.4, -0.2) is 13.6 Å². The first-order valence-electron chi connectivity index (χ1n) is 7.83. The zero-order valence-corrected chi connectivity index (χ0v) is 12.5. The van der Waals surface area contributed by atoms with Gasteiger partial charge in [-0.2, -0.15) is 0 Å². The standard InChI is InChI=1S/C16H33N/c1-5-6-7-8-15-11-14(13(2)3)9-10-16(15)12-17-4/h13-17H,5-12H2,1-4H3. The van der Waals surface area contributed by atoms with Crippen LogP contribution in [0.5, 0.6) is 0 Å². The van der Waals surface area contributed by atoms with E-state index in [4.69, 9.17) is 0 Å². The molecule has 1 saturated carbocycles. The Labute approximate surface area is 109 Å². The van der Waals surface area contributed by atoms with Gasteiger partial charge in [0.1, 0.15) is 0 Å². The lowest BCUT2D eigenvalue weighted by Gasteiger charge is -2.38. The highest BCUT2D eigenvalue weighted by molar-refractivity contribution is 4.82. The highest BCUT2D eigenvalue weighted by atomic mass is 14.8. The number of hydrogen-bond donors (Lipinski definition) is 1. The maximum Gasteiger partial charge on any atom is -0.00209 e. The molecule has 3 unspecified atom stereocenters. The second-order valence-electron chi connectivity index (χ2n) is 6.39. The van der Waals surface area contributed by atoms with E-state index >= 15 is 0 Å². The monoisotopic (exact) mass is 239 g/mol. The Morgan fingerprint density at radius 3 is 2.47 bits per heavy atom. The lowest BCUT2D eigenvalue weighted by atomic mass is 9.69. The average Bonchev–Trinajstić information content (AvgIpc) is 2.31. The van der Waals surface area contributed by atoms with Crippen molar-refractivity contribution < 1.29 is 0 Å². The van der Waals surface area contributed by atoms with Crippen LogP contribution >= 0.6 is 0 Å². The van der Waals surface area contributed by atoms with Crippen LogP contribution in [0.1, 0.15) is 65.7 Å². The van der Waals surface area contributed by atoms with Gasteiger partial charge in [0.2, 0.25) is 0 Å². The lowest BCUT2D eigenvalue weighted by molar-refractivity contribution is 0.137. The maximum atomic E-state index is 3.40. The van der Waals surface area contributed by atoms with Gasteiger partial charge >= 0.3 is 0 Å². The topological polar surface area (TPSA) is 12.0 Å². The lowest BCUT2D eigenvalue weighted by Crippen LogP contribution is -2.33. The quantitative estimate of drug-likeness (QED) is 0.646. The third-order valence-corrected chi connectivity index (χ3v) is 4.77. The first-order chi connectivity index (χ1) is 8.19. The molecule has 1 fully saturated rings. The molecule has 1 nitrogen and oxygen atoms in total. The second-order valence-corrected chi connectivity index (χ2v) is 6.39. The largest absolute Gasteiger partial charge is 0.319 e. The minimum atomic E-state index is 0.888. The zero-order chi connectivity index (χ0) is 12.7. The van der Waals surface area contributed by atoms with Crippen LogP contribution in [-0.2, 0) is 0 Å². The van der Waals surface area contributed by atoms with Crippen molar-refractivity contribution in [3.63, 3.8) is 0 Å². The summed E-state index contributed by atoms with van der Waals surface area (Å²) in [6, 6.07) is 0. The van der Waals surface area contributed by atoms with E-state index in [9.17, 15) is 0 Å². The van der Waals surface area contributed by atoms with Crippen LogP contribution in [0.25, 0.3) is 0 Å². The van der Waals surface area contributed by atoms with Crippen molar-refractivity contribution in [1.82, 2.24) is 5.32 Å². The van der Waals surface area contributed by atoms with E-state index in [2.05, 4.69) is 33.1 Å². The fourth-order valence-corrected chi connectivity index (χ4v) is 3.51. The van der Waals surface area contributed by atoms with Crippen LogP contribution < -0.4 is 5.32 Å². The molecule has 0 saturated heterocycles. The van der Waals surface area contributed by atoms with Gasteiger partial charge in [0.15, 0.2) is 0 Å². The third kappa shape index (κ3) is 4.99. The van der Waals surface area contributed by atoms with Gasteiger partial charge in [-0.05, 0) is 56.5 Å². The summed E-state index contributed by atoms with van der Waals surface area (Å²) in [6.07, 6.45) is 10.1. The second kappa shape index (κ2) is 8.13. The van der Waals surface area contributed by atoms with Crippen molar-refractivity contribution >= 4 is 0 Å². The van der Waals surface area contributed by atoms with Crippen molar-refractivity contribution in [2.24, 2.45) is 23.7 Å². The van der Waals surface area contributed by atoms with E-state index in [1.165, 1.54) is 51.5 Å². The highest BCUT2D eigenvalue weighted by Crippen LogP contribution is 2.39. The molecule has 0 aliphatic heterocycles. The van der Waals surface area contributed by atoms with E-state index < -0.39 is 0 Å². The summed E-state index contributed by atoms with van der Waals surface area (Å²) in [6.45, 7) is 8.36. The van der Waals surface area contributed by atoms with Crippen LogP contribution in [0.15, 0.2) is 0 Å². The molecule has 1 rings (SSSR count). The summed E-state index contributed by atoms with van der Waals surface area (Å²) < 4.78 is 0. The Kier molecular flexibility index (Phi) is 7.18. The Morgan fingerprint density at radius 2 is 1.88 bits per heavy atom. The zero-order valence-electron chi connectivity index (χ0n) is 12.5. The van der Waals surface area contributed by atoms with E-state index in [1.807, 2.05) is 0 Å². The molecule has 1 N–H and O–H groups in total. The molecule has 102 valence electrons. The molecule has 1 aliphatic carbocycles. The molecule has 0 amide bonds. The van der Waals surface area contributed by atoms with Crippen LogP contribution in [0.4, 0.5) is 0 Å². The summed E-state index contributed by atoms with van der Waals surface area (Å²) >= 11 is 0. The third-order valence-electron chi connectivity index (χ3n) is 4.77. The number of rotatable bonds is 7. The first-order valence-corrected chi connectivity index (χ1v) is 7.83. The molecule has 0 aromatic rings. The van der Waals surface area contributed by atoms with E-state index in [-0.39, 0.29) is 0 Å². The minimum absolute atomic E-state index is 0.888. The fraction of sp³-hybridized carbons (Fsp3) is 1.00. The number of nitrogens with one attached hydrogen (secondary N) is 1. The Bertz CT molecular complexity index is 188. The van der Waals surface area contributed by atoms with E-state index in [1.54, 1.807) is 0 Å². The highest BCUT2D eigenvalue weighted by Gasteiger charge is 2.30. The summed E-state index contributed by atoms with van der Waals surface area (Å²) in [5.41, 5.74) is 0. The van der Waals surface area contributed by atoms with Gasteiger partial charge in [0, 0.05) is 0 Å². The van der Waals surface area contributed by atoms with Gasteiger partial charge in [-0.25, -0.2) is 0 Å². The van der Waals surface area contributed by atoms with Crippen LogP contribution in [0.2, 0.25) is 0 Å². The van der Waals surface area contributed by atoms with E-state index in [0.29, 0.717) is 0 Å².